The maximum atomic E-state index is 8.88. The van der Waals surface area contributed by atoms with E-state index in [-0.39, 0.29) is 0 Å². The lowest BCUT2D eigenvalue weighted by Gasteiger charge is -2.07. The van der Waals surface area contributed by atoms with Crippen molar-refractivity contribution in [3.63, 3.8) is 0 Å². The number of anilines is 2. The molecule has 0 spiro atoms. The Kier molecular flexibility index (Phi) is 10.3. The van der Waals surface area contributed by atoms with Crippen molar-refractivity contribution in [2.45, 2.75) is 12.8 Å². The molecule has 2 rings (SSSR count). The maximum Gasteiger partial charge on any atom is 0.466 e. The van der Waals surface area contributed by atoms with Gasteiger partial charge in [-0.05, 0) is 36.1 Å². The molecular formula is C14H22N2O8P2. The lowest BCUT2D eigenvalue weighted by molar-refractivity contribution is 0.272. The second-order valence-electron chi connectivity index (χ2n) is 4.92. The van der Waals surface area contributed by atoms with Gasteiger partial charge in [0.2, 0.25) is 0 Å². The Morgan fingerprint density at radius 1 is 0.615 bits per heavy atom. The molecule has 0 heterocycles. The second-order valence-corrected chi connectivity index (χ2v) is 6.98. The Morgan fingerprint density at radius 3 is 1.08 bits per heavy atom. The van der Waals surface area contributed by atoms with Gasteiger partial charge in [-0.25, -0.2) is 9.13 Å². The summed E-state index contributed by atoms with van der Waals surface area (Å²) in [5.41, 5.74) is 15.9. The minimum Gasteiger partial charge on any atom is -0.399 e. The largest absolute Gasteiger partial charge is 0.466 e. The van der Waals surface area contributed by atoms with Crippen LogP contribution in [0.4, 0.5) is 11.4 Å². The molecular weight excluding hydrogens is 386 g/mol. The SMILES string of the molecule is Nc1ccccc1CCc1ccccc1N.O=P(O)(O)O.O=P(O)(O)O. The normalized spacial score (nSPS) is 10.8. The Balaban J connectivity index is 0.000000520. The molecule has 0 bridgehead atoms. The van der Waals surface area contributed by atoms with Crippen LogP contribution in [0.2, 0.25) is 0 Å². The van der Waals surface area contributed by atoms with Gasteiger partial charge in [-0.15, -0.1) is 0 Å². The number of benzene rings is 2. The minimum absolute atomic E-state index is 0.858. The highest BCUT2D eigenvalue weighted by Gasteiger charge is 2.02. The highest BCUT2D eigenvalue weighted by molar-refractivity contribution is 7.45. The first-order chi connectivity index (χ1) is 11.8. The topological polar surface area (TPSA) is 208 Å². The summed E-state index contributed by atoms with van der Waals surface area (Å²) in [7, 11) is -9.28. The van der Waals surface area contributed by atoms with Crippen LogP contribution in [0, 0.1) is 0 Å². The molecule has 0 aliphatic heterocycles. The monoisotopic (exact) mass is 408 g/mol. The van der Waals surface area contributed by atoms with Gasteiger partial charge in [0.05, 0.1) is 0 Å². The lowest BCUT2D eigenvalue weighted by Crippen LogP contribution is -1.99. The van der Waals surface area contributed by atoms with Crippen LogP contribution in [0.3, 0.4) is 0 Å². The smallest absolute Gasteiger partial charge is 0.399 e. The second kappa shape index (κ2) is 11.1. The third-order valence-electron chi connectivity index (χ3n) is 2.77. The first kappa shape index (κ1) is 24.3. The van der Waals surface area contributed by atoms with Crippen LogP contribution in [-0.4, -0.2) is 29.4 Å². The molecule has 2 aromatic carbocycles. The van der Waals surface area contributed by atoms with Gasteiger partial charge in [0.25, 0.3) is 0 Å². The zero-order valence-electron chi connectivity index (χ0n) is 13.6. The van der Waals surface area contributed by atoms with Crippen molar-refractivity contribution in [2.75, 3.05) is 11.5 Å². The first-order valence-corrected chi connectivity index (χ1v) is 10.1. The molecule has 10 N–H and O–H groups in total. The predicted octanol–water partition coefficient (Wildman–Crippen LogP) is 0.779. The summed E-state index contributed by atoms with van der Waals surface area (Å²) in [6, 6.07) is 15.9. The van der Waals surface area contributed by atoms with Gasteiger partial charge in [-0.3, -0.25) is 0 Å². The molecule has 0 aliphatic rings. The van der Waals surface area contributed by atoms with Crippen LogP contribution in [0.15, 0.2) is 48.5 Å². The zero-order valence-corrected chi connectivity index (χ0v) is 15.4. The number of hydrogen-bond donors (Lipinski definition) is 8. The zero-order chi connectivity index (χ0) is 20.4. The van der Waals surface area contributed by atoms with Crippen molar-refractivity contribution in [1.29, 1.82) is 0 Å². The van der Waals surface area contributed by atoms with E-state index in [0.717, 1.165) is 24.2 Å². The third kappa shape index (κ3) is 15.8. The van der Waals surface area contributed by atoms with E-state index in [2.05, 4.69) is 12.1 Å². The molecule has 0 saturated carbocycles. The average Bonchev–Trinajstić information content (AvgIpc) is 2.44. The summed E-state index contributed by atoms with van der Waals surface area (Å²) in [5.74, 6) is 0. The Morgan fingerprint density at radius 2 is 0.846 bits per heavy atom. The maximum absolute atomic E-state index is 8.88. The summed E-state index contributed by atoms with van der Waals surface area (Å²) < 4.78 is 17.8. The highest BCUT2D eigenvalue weighted by Crippen LogP contribution is 2.26. The van der Waals surface area contributed by atoms with Crippen LogP contribution in [0.25, 0.3) is 0 Å². The van der Waals surface area contributed by atoms with E-state index in [1.54, 1.807) is 0 Å². The predicted molar refractivity (Wildman–Crippen MR) is 97.6 cm³/mol. The van der Waals surface area contributed by atoms with E-state index in [4.69, 9.17) is 50.0 Å². The molecule has 10 nitrogen and oxygen atoms in total. The third-order valence-corrected chi connectivity index (χ3v) is 2.77. The van der Waals surface area contributed by atoms with E-state index in [1.165, 1.54) is 11.1 Å². The molecule has 0 radical (unpaired) electrons. The summed E-state index contributed by atoms with van der Waals surface area (Å²) in [6.07, 6.45) is 1.86. The quantitative estimate of drug-likeness (QED) is 0.264. The van der Waals surface area contributed by atoms with Crippen molar-refractivity contribution in [2.24, 2.45) is 0 Å². The molecule has 0 fully saturated rings. The Labute approximate surface area is 150 Å². The molecule has 0 aliphatic carbocycles. The number of phosphoric acid groups is 2. The minimum atomic E-state index is -4.64. The molecule has 146 valence electrons. The molecule has 26 heavy (non-hydrogen) atoms. The standard InChI is InChI=1S/C14H16N2.2H3O4P/c15-13-7-3-1-5-11(13)9-10-12-6-2-4-8-14(12)16;2*1-5(2,3)4/h1-8H,9-10,15-16H2;2*(H3,1,2,3,4). The van der Waals surface area contributed by atoms with Crippen LogP contribution >= 0.6 is 15.6 Å². The van der Waals surface area contributed by atoms with E-state index in [1.807, 2.05) is 36.4 Å². The van der Waals surface area contributed by atoms with Gasteiger partial charge in [-0.1, -0.05) is 36.4 Å². The van der Waals surface area contributed by atoms with Crippen molar-refractivity contribution >= 4 is 27.0 Å². The van der Waals surface area contributed by atoms with Crippen molar-refractivity contribution in [3.05, 3.63) is 59.7 Å². The fraction of sp³-hybridized carbons (Fsp3) is 0.143. The molecule has 0 amide bonds. The summed E-state index contributed by atoms with van der Waals surface area (Å²) in [5, 5.41) is 0. The summed E-state index contributed by atoms with van der Waals surface area (Å²) >= 11 is 0. The number of nitrogens with two attached hydrogens (primary N) is 2. The highest BCUT2D eigenvalue weighted by atomic mass is 31.2. The van der Waals surface area contributed by atoms with Crippen LogP contribution in [-0.2, 0) is 22.0 Å². The van der Waals surface area contributed by atoms with Gasteiger partial charge < -0.3 is 40.8 Å². The van der Waals surface area contributed by atoms with Gasteiger partial charge in [0.1, 0.15) is 0 Å². The van der Waals surface area contributed by atoms with Crippen molar-refractivity contribution in [3.8, 4) is 0 Å². The fourth-order valence-corrected chi connectivity index (χ4v) is 1.79. The van der Waals surface area contributed by atoms with Crippen LogP contribution < -0.4 is 11.5 Å². The molecule has 0 aromatic heterocycles. The summed E-state index contributed by atoms with van der Waals surface area (Å²) in [6.45, 7) is 0. The van der Waals surface area contributed by atoms with Gasteiger partial charge in [-0.2, -0.15) is 0 Å². The average molecular weight is 408 g/mol. The van der Waals surface area contributed by atoms with Gasteiger partial charge >= 0.3 is 15.6 Å². The Hall–Kier alpha value is -1.74. The van der Waals surface area contributed by atoms with Crippen LogP contribution in [0.1, 0.15) is 11.1 Å². The number of aryl methyl sites for hydroxylation is 2. The molecule has 0 unspecified atom stereocenters. The van der Waals surface area contributed by atoms with Crippen molar-refractivity contribution < 1.29 is 38.5 Å². The molecule has 0 saturated heterocycles. The molecule has 12 heteroatoms. The van der Waals surface area contributed by atoms with Gasteiger partial charge in [0.15, 0.2) is 0 Å². The molecule has 0 atom stereocenters. The number of nitrogen functional groups attached to an aromatic ring is 2. The van der Waals surface area contributed by atoms with Crippen LogP contribution in [0.5, 0.6) is 0 Å². The van der Waals surface area contributed by atoms with Crippen molar-refractivity contribution in [1.82, 2.24) is 0 Å². The molecule has 2 aromatic rings. The number of rotatable bonds is 3. The Bertz CT molecular complexity index is 693. The number of para-hydroxylation sites is 2. The van der Waals surface area contributed by atoms with E-state index in [0.29, 0.717) is 0 Å². The summed E-state index contributed by atoms with van der Waals surface area (Å²) in [4.78, 5) is 43.1. The lowest BCUT2D eigenvalue weighted by atomic mass is 10.0. The number of hydrogen-bond acceptors (Lipinski definition) is 4. The van der Waals surface area contributed by atoms with E-state index in [9.17, 15) is 0 Å². The van der Waals surface area contributed by atoms with E-state index >= 15 is 0 Å². The van der Waals surface area contributed by atoms with E-state index < -0.39 is 15.6 Å². The first-order valence-electron chi connectivity index (χ1n) is 7.00. The van der Waals surface area contributed by atoms with Gasteiger partial charge in [0, 0.05) is 11.4 Å². The fourth-order valence-electron chi connectivity index (χ4n) is 1.79.